The summed E-state index contributed by atoms with van der Waals surface area (Å²) in [6.45, 7) is 3.25. The van der Waals surface area contributed by atoms with Crippen LogP contribution in [-0.2, 0) is 21.4 Å². The Morgan fingerprint density at radius 2 is 2.24 bits per heavy atom. The van der Waals surface area contributed by atoms with Crippen molar-refractivity contribution in [3.8, 4) is 5.88 Å². The molecule has 1 fully saturated rings. The van der Waals surface area contributed by atoms with E-state index in [4.69, 9.17) is 9.88 Å². The molecule has 2 heterocycles. The van der Waals surface area contributed by atoms with Crippen molar-refractivity contribution in [2.45, 2.75) is 19.9 Å². The number of nitrogens with two attached hydrogens (primary N) is 1. The molecule has 1 amide bonds. The lowest BCUT2D eigenvalue weighted by molar-refractivity contribution is -0.128. The summed E-state index contributed by atoms with van der Waals surface area (Å²) >= 11 is 0. The van der Waals surface area contributed by atoms with Gasteiger partial charge in [-0.1, -0.05) is 6.07 Å². The number of likely N-dealkylation sites (tertiary alicyclic amines) is 1. The number of ether oxygens (including phenoxy) is 1. The molecule has 1 aromatic rings. The molecule has 2 N–H and O–H groups in total. The highest BCUT2D eigenvalue weighted by molar-refractivity contribution is 7.89. The zero-order chi connectivity index (χ0) is 15.5. The smallest absolute Gasteiger partial charge is 0.223 e. The van der Waals surface area contributed by atoms with Gasteiger partial charge < -0.3 is 9.64 Å². The summed E-state index contributed by atoms with van der Waals surface area (Å²) < 4.78 is 27.4. The lowest BCUT2D eigenvalue weighted by Gasteiger charge is -2.16. The Labute approximate surface area is 124 Å². The molecule has 0 saturated carbocycles. The Morgan fingerprint density at radius 3 is 2.81 bits per heavy atom. The van der Waals surface area contributed by atoms with Crippen LogP contribution in [-0.4, -0.2) is 43.1 Å². The van der Waals surface area contributed by atoms with E-state index in [2.05, 4.69) is 4.98 Å². The van der Waals surface area contributed by atoms with E-state index in [-0.39, 0.29) is 24.0 Å². The number of amides is 1. The molecule has 8 heteroatoms. The monoisotopic (exact) mass is 313 g/mol. The zero-order valence-electron chi connectivity index (χ0n) is 11.9. The van der Waals surface area contributed by atoms with Gasteiger partial charge in [-0.15, -0.1) is 0 Å². The molecule has 1 unspecified atom stereocenters. The third-order valence-electron chi connectivity index (χ3n) is 3.23. The highest BCUT2D eigenvalue weighted by Crippen LogP contribution is 2.21. The largest absolute Gasteiger partial charge is 0.478 e. The van der Waals surface area contributed by atoms with E-state index >= 15 is 0 Å². The van der Waals surface area contributed by atoms with E-state index in [9.17, 15) is 13.2 Å². The maximum atomic E-state index is 11.9. The second-order valence-electron chi connectivity index (χ2n) is 5.11. The van der Waals surface area contributed by atoms with Crippen molar-refractivity contribution in [2.24, 2.45) is 11.1 Å². The van der Waals surface area contributed by atoms with Crippen molar-refractivity contribution in [2.75, 3.05) is 18.9 Å². The van der Waals surface area contributed by atoms with Crippen LogP contribution in [0.15, 0.2) is 18.3 Å². The molecule has 1 aliphatic rings. The van der Waals surface area contributed by atoms with Crippen LogP contribution in [0, 0.1) is 5.92 Å². The first-order valence-electron chi connectivity index (χ1n) is 6.73. The van der Waals surface area contributed by atoms with E-state index in [1.54, 1.807) is 17.2 Å². The molecular weight excluding hydrogens is 294 g/mol. The van der Waals surface area contributed by atoms with Gasteiger partial charge in [0.2, 0.25) is 21.8 Å². The van der Waals surface area contributed by atoms with Gasteiger partial charge in [0.1, 0.15) is 0 Å². The second kappa shape index (κ2) is 6.40. The molecule has 0 spiro atoms. The molecule has 0 bridgehead atoms. The number of hydrogen-bond acceptors (Lipinski definition) is 5. The topological polar surface area (TPSA) is 103 Å². The predicted octanol–water partition coefficient (Wildman–Crippen LogP) is 0.117. The van der Waals surface area contributed by atoms with Gasteiger partial charge in [-0.2, -0.15) is 0 Å². The molecule has 21 heavy (non-hydrogen) atoms. The minimum absolute atomic E-state index is 0.0578. The minimum Gasteiger partial charge on any atom is -0.478 e. The van der Waals surface area contributed by atoms with E-state index in [0.29, 0.717) is 25.6 Å². The number of carbonyl (C=O) groups excluding carboxylic acids is 1. The molecule has 1 atom stereocenters. The van der Waals surface area contributed by atoms with Gasteiger partial charge in [-0.25, -0.2) is 18.5 Å². The standard InChI is InChI=1S/C13H19N3O4S/c1-2-20-12-4-3-10(6-15-12)7-16-8-11(5-13(16)17)9-21(14,18)19/h3-4,6,11H,2,5,7-9H2,1H3,(H2,14,18,19). The lowest BCUT2D eigenvalue weighted by Crippen LogP contribution is -2.27. The van der Waals surface area contributed by atoms with E-state index < -0.39 is 10.0 Å². The number of carbonyl (C=O) groups is 1. The van der Waals surface area contributed by atoms with Crippen LogP contribution >= 0.6 is 0 Å². The molecule has 0 aliphatic carbocycles. The van der Waals surface area contributed by atoms with Crippen molar-refractivity contribution in [3.63, 3.8) is 0 Å². The van der Waals surface area contributed by atoms with Crippen molar-refractivity contribution in [3.05, 3.63) is 23.9 Å². The summed E-state index contributed by atoms with van der Waals surface area (Å²) in [5.74, 6) is 0.0957. The molecule has 0 aromatic carbocycles. The Bertz CT molecular complexity index is 600. The Morgan fingerprint density at radius 1 is 1.48 bits per heavy atom. The maximum Gasteiger partial charge on any atom is 0.223 e. The Hall–Kier alpha value is -1.67. The molecule has 1 saturated heterocycles. The normalized spacial score (nSPS) is 19.0. The van der Waals surface area contributed by atoms with Crippen molar-refractivity contribution in [1.82, 2.24) is 9.88 Å². The fourth-order valence-corrected chi connectivity index (χ4v) is 3.29. The summed E-state index contributed by atoms with van der Waals surface area (Å²) in [5.41, 5.74) is 0.878. The quantitative estimate of drug-likeness (QED) is 0.803. The average molecular weight is 313 g/mol. The van der Waals surface area contributed by atoms with Gasteiger partial charge in [-0.05, 0) is 12.5 Å². The molecule has 0 radical (unpaired) electrons. The third kappa shape index (κ3) is 4.68. The molecule has 116 valence electrons. The van der Waals surface area contributed by atoms with Crippen LogP contribution in [0.1, 0.15) is 18.9 Å². The number of sulfonamides is 1. The summed E-state index contributed by atoms with van der Waals surface area (Å²) in [7, 11) is -3.55. The highest BCUT2D eigenvalue weighted by Gasteiger charge is 2.31. The van der Waals surface area contributed by atoms with Gasteiger partial charge in [0.05, 0.1) is 12.4 Å². The van der Waals surface area contributed by atoms with Crippen LogP contribution in [0.4, 0.5) is 0 Å². The van der Waals surface area contributed by atoms with Gasteiger partial charge in [-0.3, -0.25) is 4.79 Å². The summed E-state index contributed by atoms with van der Waals surface area (Å²) in [6, 6.07) is 3.60. The predicted molar refractivity (Wildman–Crippen MR) is 76.9 cm³/mol. The van der Waals surface area contributed by atoms with Crippen LogP contribution in [0.2, 0.25) is 0 Å². The Kier molecular flexibility index (Phi) is 4.79. The first-order chi connectivity index (χ1) is 9.87. The van der Waals surface area contributed by atoms with Crippen molar-refractivity contribution >= 4 is 15.9 Å². The van der Waals surface area contributed by atoms with Gasteiger partial charge in [0.25, 0.3) is 0 Å². The highest BCUT2D eigenvalue weighted by atomic mass is 32.2. The molecule has 1 aliphatic heterocycles. The average Bonchev–Trinajstić information content (AvgIpc) is 2.70. The summed E-state index contributed by atoms with van der Waals surface area (Å²) in [4.78, 5) is 17.7. The SMILES string of the molecule is CCOc1ccc(CN2CC(CS(N)(=O)=O)CC2=O)cn1. The summed E-state index contributed by atoms with van der Waals surface area (Å²) in [6.07, 6.45) is 1.88. The number of rotatable bonds is 6. The zero-order valence-corrected chi connectivity index (χ0v) is 12.7. The van der Waals surface area contributed by atoms with E-state index in [1.165, 1.54) is 0 Å². The van der Waals surface area contributed by atoms with E-state index in [1.807, 2.05) is 13.0 Å². The van der Waals surface area contributed by atoms with Crippen LogP contribution in [0.5, 0.6) is 5.88 Å². The molecule has 1 aromatic heterocycles. The maximum absolute atomic E-state index is 11.9. The number of primary sulfonamides is 1. The minimum atomic E-state index is -3.55. The summed E-state index contributed by atoms with van der Waals surface area (Å²) in [5, 5.41) is 5.02. The number of hydrogen-bond donors (Lipinski definition) is 1. The molecule has 7 nitrogen and oxygen atoms in total. The third-order valence-corrected chi connectivity index (χ3v) is 4.16. The Balaban J connectivity index is 1.95. The van der Waals surface area contributed by atoms with Crippen molar-refractivity contribution in [1.29, 1.82) is 0 Å². The molecular formula is C13H19N3O4S. The van der Waals surface area contributed by atoms with Crippen LogP contribution in [0.25, 0.3) is 0 Å². The van der Waals surface area contributed by atoms with Crippen molar-refractivity contribution < 1.29 is 17.9 Å². The van der Waals surface area contributed by atoms with Gasteiger partial charge in [0.15, 0.2) is 0 Å². The van der Waals surface area contributed by atoms with Crippen LogP contribution < -0.4 is 9.88 Å². The first kappa shape index (κ1) is 15.7. The number of aromatic nitrogens is 1. The number of nitrogens with zero attached hydrogens (tertiary/aromatic N) is 2. The molecule has 2 rings (SSSR count). The van der Waals surface area contributed by atoms with Gasteiger partial charge in [0, 0.05) is 37.7 Å². The van der Waals surface area contributed by atoms with E-state index in [0.717, 1.165) is 5.56 Å². The lowest BCUT2D eigenvalue weighted by atomic mass is 10.1. The first-order valence-corrected chi connectivity index (χ1v) is 8.45. The fourth-order valence-electron chi connectivity index (χ4n) is 2.41. The second-order valence-corrected chi connectivity index (χ2v) is 6.77. The fraction of sp³-hybridized carbons (Fsp3) is 0.538. The van der Waals surface area contributed by atoms with Gasteiger partial charge >= 0.3 is 0 Å². The number of pyridine rings is 1. The van der Waals surface area contributed by atoms with Crippen LogP contribution in [0.3, 0.4) is 0 Å².